The smallest absolute Gasteiger partial charge is 0.341 e. The first-order valence-electron chi connectivity index (χ1n) is 6.95. The minimum atomic E-state index is -5.42. The lowest BCUT2D eigenvalue weighted by Gasteiger charge is -2.08. The van der Waals surface area contributed by atoms with Crippen LogP contribution in [0.15, 0.2) is 59.5 Å². The lowest BCUT2D eigenvalue weighted by Crippen LogP contribution is -2.25. The Morgan fingerprint density at radius 1 is 1.00 bits per heavy atom. The van der Waals surface area contributed by atoms with Crippen molar-refractivity contribution in [3.05, 3.63) is 65.7 Å². The summed E-state index contributed by atoms with van der Waals surface area (Å²) in [6.45, 7) is 0.0380. The molecule has 2 aromatic rings. The largest absolute Gasteiger partial charge is 0.501 e. The van der Waals surface area contributed by atoms with Crippen molar-refractivity contribution in [3.63, 3.8) is 0 Å². The number of halogens is 3. The molecule has 0 fully saturated rings. The van der Waals surface area contributed by atoms with Gasteiger partial charge in [-0.05, 0) is 36.4 Å². The van der Waals surface area contributed by atoms with Gasteiger partial charge in [-0.1, -0.05) is 30.0 Å². The average Bonchev–Trinajstić information content (AvgIpc) is 2.58. The maximum absolute atomic E-state index is 12.4. The van der Waals surface area contributed by atoms with Gasteiger partial charge >= 0.3 is 5.51 Å². The number of hydrogen-bond acceptors (Lipinski definition) is 3. The minimum Gasteiger partial charge on any atom is -0.341 e. The van der Waals surface area contributed by atoms with Gasteiger partial charge in [0.25, 0.3) is 15.7 Å². The molecular weight excluding hydrogens is 355 g/mol. The van der Waals surface area contributed by atoms with Crippen LogP contribution in [0, 0.1) is 11.8 Å². The molecule has 0 spiro atoms. The number of benzene rings is 2. The van der Waals surface area contributed by atoms with Crippen LogP contribution in [0.3, 0.4) is 0 Å². The zero-order valence-corrected chi connectivity index (χ0v) is 13.5. The van der Waals surface area contributed by atoms with Gasteiger partial charge < -0.3 is 5.32 Å². The molecule has 0 aromatic heterocycles. The van der Waals surface area contributed by atoms with Crippen LogP contribution < -0.4 is 5.32 Å². The average molecular weight is 367 g/mol. The molecule has 0 radical (unpaired) electrons. The lowest BCUT2D eigenvalue weighted by atomic mass is 10.2. The van der Waals surface area contributed by atoms with Gasteiger partial charge in [-0.2, -0.15) is 13.2 Å². The molecule has 0 saturated carbocycles. The van der Waals surface area contributed by atoms with Crippen molar-refractivity contribution in [3.8, 4) is 11.8 Å². The third kappa shape index (κ3) is 4.61. The Labute approximate surface area is 142 Å². The molecule has 0 unspecified atom stereocenters. The molecule has 0 saturated heterocycles. The third-order valence-corrected chi connectivity index (χ3v) is 4.58. The monoisotopic (exact) mass is 367 g/mol. The number of hydrogen-bond donors (Lipinski definition) is 1. The summed E-state index contributed by atoms with van der Waals surface area (Å²) in [5, 5.41) is 2.47. The summed E-state index contributed by atoms with van der Waals surface area (Å²) in [4.78, 5) is 10.9. The summed E-state index contributed by atoms with van der Waals surface area (Å²) in [6.07, 6.45) is 0. The van der Waals surface area contributed by atoms with Gasteiger partial charge in [-0.15, -0.1) is 0 Å². The number of carbonyl (C=O) groups excluding carboxylic acids is 1. The van der Waals surface area contributed by atoms with Crippen LogP contribution in [-0.2, 0) is 9.84 Å². The lowest BCUT2D eigenvalue weighted by molar-refractivity contribution is -0.0436. The Balaban J connectivity index is 2.01. The van der Waals surface area contributed by atoms with E-state index in [0.717, 1.165) is 29.8 Å². The van der Waals surface area contributed by atoms with E-state index < -0.39 is 26.1 Å². The summed E-state index contributed by atoms with van der Waals surface area (Å²) >= 11 is 0. The predicted octanol–water partition coefficient (Wildman–Crippen LogP) is 2.76. The maximum atomic E-state index is 12.4. The molecule has 0 heterocycles. The zero-order chi connectivity index (χ0) is 18.5. The quantitative estimate of drug-likeness (QED) is 0.849. The summed E-state index contributed by atoms with van der Waals surface area (Å²) in [6, 6.07) is 12.6. The van der Waals surface area contributed by atoms with Crippen LogP contribution in [0.1, 0.15) is 15.9 Å². The van der Waals surface area contributed by atoms with E-state index in [0.29, 0.717) is 0 Å². The molecule has 1 amide bonds. The fourth-order valence-corrected chi connectivity index (χ4v) is 2.58. The molecule has 2 rings (SSSR count). The molecule has 0 aliphatic heterocycles. The zero-order valence-electron chi connectivity index (χ0n) is 12.7. The first kappa shape index (κ1) is 18.5. The third-order valence-electron chi connectivity index (χ3n) is 3.08. The summed E-state index contributed by atoms with van der Waals surface area (Å²) in [5.41, 5.74) is -4.58. The number of sulfone groups is 1. The summed E-state index contributed by atoms with van der Waals surface area (Å²) < 4.78 is 59.8. The summed E-state index contributed by atoms with van der Waals surface area (Å²) in [7, 11) is -5.42. The fourth-order valence-electron chi connectivity index (χ4n) is 1.81. The molecule has 4 nitrogen and oxygen atoms in total. The number of nitrogens with one attached hydrogen (secondary N) is 1. The minimum absolute atomic E-state index is 0.0302. The van der Waals surface area contributed by atoms with E-state index in [2.05, 4.69) is 17.2 Å². The Bertz CT molecular complexity index is 910. The topological polar surface area (TPSA) is 63.2 Å². The van der Waals surface area contributed by atoms with E-state index >= 15 is 0 Å². The number of rotatable bonds is 3. The normalized spacial score (nSPS) is 11.3. The second-order valence-electron chi connectivity index (χ2n) is 4.82. The van der Waals surface area contributed by atoms with Crippen molar-refractivity contribution in [2.24, 2.45) is 0 Å². The van der Waals surface area contributed by atoms with E-state index in [9.17, 15) is 26.4 Å². The molecule has 25 heavy (non-hydrogen) atoms. The highest BCUT2D eigenvalue weighted by Gasteiger charge is 2.46. The highest BCUT2D eigenvalue weighted by molar-refractivity contribution is 7.92. The van der Waals surface area contributed by atoms with Crippen molar-refractivity contribution in [1.82, 2.24) is 5.32 Å². The Hall–Kier alpha value is -2.79. The first-order valence-corrected chi connectivity index (χ1v) is 8.43. The molecule has 1 N–H and O–H groups in total. The van der Waals surface area contributed by atoms with Crippen molar-refractivity contribution in [2.45, 2.75) is 10.4 Å². The Morgan fingerprint density at radius 3 is 2.16 bits per heavy atom. The fraction of sp³-hybridized carbons (Fsp3) is 0.118. The van der Waals surface area contributed by atoms with E-state index in [1.807, 2.05) is 18.2 Å². The highest BCUT2D eigenvalue weighted by Crippen LogP contribution is 2.30. The Morgan fingerprint density at radius 2 is 1.60 bits per heavy atom. The van der Waals surface area contributed by atoms with Gasteiger partial charge in [-0.3, -0.25) is 4.79 Å². The molecule has 130 valence electrons. The molecule has 2 aromatic carbocycles. The molecule has 0 bridgehead atoms. The number of carbonyl (C=O) groups is 1. The second kappa shape index (κ2) is 7.40. The van der Waals surface area contributed by atoms with Gasteiger partial charge in [0, 0.05) is 11.1 Å². The predicted molar refractivity (Wildman–Crippen MR) is 85.3 cm³/mol. The van der Waals surface area contributed by atoms with Gasteiger partial charge in [-0.25, -0.2) is 8.42 Å². The van der Waals surface area contributed by atoms with E-state index in [1.165, 1.54) is 0 Å². The van der Waals surface area contributed by atoms with Gasteiger partial charge in [0.2, 0.25) is 0 Å². The molecule has 0 aliphatic rings. The van der Waals surface area contributed by atoms with Crippen LogP contribution in [0.2, 0.25) is 0 Å². The SMILES string of the molecule is O=C(NCC#Cc1ccccc1)c1ccc(S(=O)(=O)C(F)(F)F)cc1. The van der Waals surface area contributed by atoms with Crippen molar-refractivity contribution >= 4 is 15.7 Å². The van der Waals surface area contributed by atoms with Crippen LogP contribution >= 0.6 is 0 Å². The molecule has 0 aliphatic carbocycles. The standard InChI is InChI=1S/C17H12F3NO3S/c18-17(19,20)25(23,24)15-10-8-14(9-11-15)16(22)21-12-4-7-13-5-2-1-3-6-13/h1-3,5-6,8-11H,12H2,(H,21,22). The van der Waals surface area contributed by atoms with Gasteiger partial charge in [0.15, 0.2) is 0 Å². The second-order valence-corrected chi connectivity index (χ2v) is 6.77. The van der Waals surface area contributed by atoms with Gasteiger partial charge in [0.05, 0.1) is 11.4 Å². The maximum Gasteiger partial charge on any atom is 0.501 e. The van der Waals surface area contributed by atoms with Crippen molar-refractivity contribution in [2.75, 3.05) is 6.54 Å². The Kier molecular flexibility index (Phi) is 5.49. The first-order chi connectivity index (χ1) is 11.7. The van der Waals surface area contributed by atoms with Crippen LogP contribution in [-0.4, -0.2) is 26.4 Å². The van der Waals surface area contributed by atoms with E-state index in [1.54, 1.807) is 12.1 Å². The van der Waals surface area contributed by atoms with E-state index in [4.69, 9.17) is 0 Å². The van der Waals surface area contributed by atoms with Gasteiger partial charge in [0.1, 0.15) is 0 Å². The molecule has 0 atom stereocenters. The van der Waals surface area contributed by atoms with Crippen molar-refractivity contribution < 1.29 is 26.4 Å². The summed E-state index contributed by atoms with van der Waals surface area (Å²) in [5.74, 6) is 4.99. The van der Waals surface area contributed by atoms with Crippen molar-refractivity contribution in [1.29, 1.82) is 0 Å². The number of amides is 1. The molecule has 8 heteroatoms. The van der Waals surface area contributed by atoms with Crippen LogP contribution in [0.4, 0.5) is 13.2 Å². The van der Waals surface area contributed by atoms with Crippen LogP contribution in [0.25, 0.3) is 0 Å². The van der Waals surface area contributed by atoms with Crippen LogP contribution in [0.5, 0.6) is 0 Å². The molecular formula is C17H12F3NO3S. The van der Waals surface area contributed by atoms with E-state index in [-0.39, 0.29) is 12.1 Å². The number of alkyl halides is 3. The highest BCUT2D eigenvalue weighted by atomic mass is 32.2.